The lowest BCUT2D eigenvalue weighted by molar-refractivity contribution is -0.137. The first-order valence-electron chi connectivity index (χ1n) is 9.16. The molecule has 0 aliphatic rings. The Morgan fingerprint density at radius 1 is 1.03 bits per heavy atom. The van der Waals surface area contributed by atoms with Gasteiger partial charge in [-0.2, -0.15) is 0 Å². The van der Waals surface area contributed by atoms with Crippen LogP contribution in [0.15, 0.2) is 53.5 Å². The van der Waals surface area contributed by atoms with Gasteiger partial charge in [0.1, 0.15) is 0 Å². The number of hydrogen-bond acceptors (Lipinski definition) is 6. The molecule has 168 valence electrons. The van der Waals surface area contributed by atoms with Crippen molar-refractivity contribution in [2.45, 2.75) is 12.5 Å². The molecule has 0 saturated heterocycles. The van der Waals surface area contributed by atoms with E-state index < -0.39 is 36.3 Å². The van der Waals surface area contributed by atoms with E-state index in [0.29, 0.717) is 11.3 Å². The molecule has 2 rings (SSSR count). The van der Waals surface area contributed by atoms with E-state index in [2.05, 4.69) is 25.9 Å². The SMILES string of the molecule is COC(=O)c1ccc(C(CC(=O)O)NC(=O)NNC(=O)c2cccc(N=C(N)N)c2)cc1. The fourth-order valence-electron chi connectivity index (χ4n) is 2.64. The van der Waals surface area contributed by atoms with Crippen LogP contribution >= 0.6 is 0 Å². The quantitative estimate of drug-likeness (QED) is 0.154. The second-order valence-corrected chi connectivity index (χ2v) is 6.40. The van der Waals surface area contributed by atoms with Crippen molar-refractivity contribution in [2.24, 2.45) is 16.5 Å². The molecular formula is C20H22N6O6. The van der Waals surface area contributed by atoms with Crippen molar-refractivity contribution >= 4 is 35.5 Å². The van der Waals surface area contributed by atoms with E-state index in [4.69, 9.17) is 16.6 Å². The summed E-state index contributed by atoms with van der Waals surface area (Å²) in [5.74, 6) is -2.54. The zero-order valence-corrected chi connectivity index (χ0v) is 17.0. The highest BCUT2D eigenvalue weighted by Gasteiger charge is 2.19. The van der Waals surface area contributed by atoms with E-state index in [-0.39, 0.29) is 17.1 Å². The second-order valence-electron chi connectivity index (χ2n) is 6.40. The Hall–Kier alpha value is -4.61. The minimum absolute atomic E-state index is 0.174. The molecule has 0 bridgehead atoms. The van der Waals surface area contributed by atoms with E-state index in [9.17, 15) is 19.2 Å². The number of ether oxygens (including phenoxy) is 1. The molecule has 0 aliphatic carbocycles. The highest BCUT2D eigenvalue weighted by Crippen LogP contribution is 2.18. The second kappa shape index (κ2) is 11.0. The number of carbonyl (C=O) groups excluding carboxylic acids is 3. The number of aliphatic carboxylic acids is 1. The van der Waals surface area contributed by atoms with Crippen LogP contribution in [0, 0.1) is 0 Å². The third-order valence-electron chi connectivity index (χ3n) is 4.07. The predicted molar refractivity (Wildman–Crippen MR) is 114 cm³/mol. The van der Waals surface area contributed by atoms with Gasteiger partial charge in [0.05, 0.1) is 30.8 Å². The zero-order valence-electron chi connectivity index (χ0n) is 17.0. The molecular weight excluding hydrogens is 420 g/mol. The number of methoxy groups -OCH3 is 1. The monoisotopic (exact) mass is 442 g/mol. The molecule has 2 aromatic rings. The van der Waals surface area contributed by atoms with E-state index in [1.54, 1.807) is 12.1 Å². The number of nitrogens with two attached hydrogens (primary N) is 2. The number of hydrazine groups is 1. The molecule has 0 aromatic heterocycles. The number of guanidine groups is 1. The van der Waals surface area contributed by atoms with Crippen LogP contribution in [-0.2, 0) is 9.53 Å². The van der Waals surface area contributed by atoms with Crippen molar-refractivity contribution in [3.05, 3.63) is 65.2 Å². The van der Waals surface area contributed by atoms with Crippen molar-refractivity contribution < 1.29 is 29.0 Å². The fraction of sp³-hybridized carbons (Fsp3) is 0.150. The molecule has 3 amide bonds. The largest absolute Gasteiger partial charge is 0.481 e. The van der Waals surface area contributed by atoms with Gasteiger partial charge >= 0.3 is 18.0 Å². The summed E-state index contributed by atoms with van der Waals surface area (Å²) in [6, 6.07) is 10.1. The summed E-state index contributed by atoms with van der Waals surface area (Å²) in [6.45, 7) is 0. The molecule has 0 heterocycles. The molecule has 0 radical (unpaired) electrons. The molecule has 32 heavy (non-hydrogen) atoms. The minimum Gasteiger partial charge on any atom is -0.481 e. The minimum atomic E-state index is -1.16. The van der Waals surface area contributed by atoms with E-state index in [1.165, 1.54) is 43.5 Å². The maximum absolute atomic E-state index is 12.2. The van der Waals surface area contributed by atoms with Crippen LogP contribution in [0.3, 0.4) is 0 Å². The zero-order chi connectivity index (χ0) is 23.7. The van der Waals surface area contributed by atoms with Crippen molar-refractivity contribution in [3.63, 3.8) is 0 Å². The third-order valence-corrected chi connectivity index (χ3v) is 4.07. The Bertz CT molecular complexity index is 1030. The molecule has 12 nitrogen and oxygen atoms in total. The Morgan fingerprint density at radius 2 is 1.72 bits per heavy atom. The molecule has 1 unspecified atom stereocenters. The first kappa shape index (κ1) is 23.7. The highest BCUT2D eigenvalue weighted by molar-refractivity contribution is 5.96. The smallest absolute Gasteiger partial charge is 0.337 e. The third kappa shape index (κ3) is 7.02. The van der Waals surface area contributed by atoms with Crippen molar-refractivity contribution in [3.8, 4) is 0 Å². The number of rotatable bonds is 7. The van der Waals surface area contributed by atoms with Crippen molar-refractivity contribution in [1.29, 1.82) is 0 Å². The van der Waals surface area contributed by atoms with E-state index >= 15 is 0 Å². The van der Waals surface area contributed by atoms with Gasteiger partial charge in [-0.15, -0.1) is 0 Å². The number of nitrogens with zero attached hydrogens (tertiary/aromatic N) is 1. The normalized spacial score (nSPS) is 10.9. The Labute approximate surface area is 182 Å². The number of aliphatic imine (C=N–C) groups is 1. The first-order chi connectivity index (χ1) is 15.2. The van der Waals surface area contributed by atoms with Gasteiger partial charge in [-0.25, -0.2) is 20.0 Å². The average molecular weight is 442 g/mol. The number of esters is 1. The number of benzene rings is 2. The van der Waals surface area contributed by atoms with Gasteiger partial charge in [0.2, 0.25) is 0 Å². The summed E-state index contributed by atoms with van der Waals surface area (Å²) >= 11 is 0. The number of hydrogen-bond donors (Lipinski definition) is 6. The average Bonchev–Trinajstić information content (AvgIpc) is 2.76. The van der Waals surface area contributed by atoms with Crippen molar-refractivity contribution in [2.75, 3.05) is 7.11 Å². The predicted octanol–water partition coefficient (Wildman–Crippen LogP) is 0.538. The van der Waals surface area contributed by atoms with Gasteiger partial charge in [-0.3, -0.25) is 15.0 Å². The summed E-state index contributed by atoms with van der Waals surface area (Å²) < 4.78 is 4.61. The van der Waals surface area contributed by atoms with Gasteiger partial charge in [0, 0.05) is 5.56 Å². The van der Waals surface area contributed by atoms with Crippen LogP contribution in [0.5, 0.6) is 0 Å². The van der Waals surface area contributed by atoms with Crippen LogP contribution in [0.4, 0.5) is 10.5 Å². The summed E-state index contributed by atoms with van der Waals surface area (Å²) in [4.78, 5) is 51.0. The topological polar surface area (TPSA) is 198 Å². The van der Waals surface area contributed by atoms with Crippen LogP contribution in [0.25, 0.3) is 0 Å². The molecule has 0 saturated carbocycles. The molecule has 0 aliphatic heterocycles. The van der Waals surface area contributed by atoms with Crippen LogP contribution in [0.1, 0.15) is 38.7 Å². The number of carboxylic acids is 1. The Balaban J connectivity index is 2.03. The lowest BCUT2D eigenvalue weighted by atomic mass is 10.0. The molecule has 1 atom stereocenters. The summed E-state index contributed by atoms with van der Waals surface area (Å²) in [6.07, 6.45) is -0.431. The fourth-order valence-corrected chi connectivity index (χ4v) is 2.64. The molecule has 0 spiro atoms. The Morgan fingerprint density at radius 3 is 2.31 bits per heavy atom. The van der Waals surface area contributed by atoms with Gasteiger partial charge in [-0.1, -0.05) is 18.2 Å². The lowest BCUT2D eigenvalue weighted by Crippen LogP contribution is -2.48. The van der Waals surface area contributed by atoms with Gasteiger partial charge in [-0.05, 0) is 35.9 Å². The number of urea groups is 1. The number of amides is 3. The van der Waals surface area contributed by atoms with Crippen LogP contribution < -0.4 is 27.6 Å². The van der Waals surface area contributed by atoms with Crippen LogP contribution in [0.2, 0.25) is 0 Å². The number of carbonyl (C=O) groups is 4. The molecule has 8 N–H and O–H groups in total. The standard InChI is InChI=1S/C20H22N6O6/c1-32-18(30)12-7-5-11(6-8-12)15(10-16(27)28)24-20(31)26-25-17(29)13-3-2-4-14(9-13)23-19(21)22/h2-9,15H,10H2,1H3,(H,25,29)(H,27,28)(H4,21,22,23)(H2,24,26,31). The number of carboxylic acid groups (broad SMARTS) is 1. The molecule has 0 fully saturated rings. The van der Waals surface area contributed by atoms with E-state index in [0.717, 1.165) is 0 Å². The van der Waals surface area contributed by atoms with Gasteiger partial charge < -0.3 is 26.6 Å². The highest BCUT2D eigenvalue weighted by atomic mass is 16.5. The van der Waals surface area contributed by atoms with Gasteiger partial charge in [0.15, 0.2) is 5.96 Å². The Kier molecular flexibility index (Phi) is 8.11. The summed E-state index contributed by atoms with van der Waals surface area (Å²) in [5, 5.41) is 11.6. The van der Waals surface area contributed by atoms with Crippen LogP contribution in [-0.4, -0.2) is 42.1 Å². The summed E-state index contributed by atoms with van der Waals surface area (Å²) in [5.41, 5.74) is 16.2. The summed E-state index contributed by atoms with van der Waals surface area (Å²) in [7, 11) is 1.24. The number of nitrogens with one attached hydrogen (secondary N) is 3. The molecule has 2 aromatic carbocycles. The first-order valence-corrected chi connectivity index (χ1v) is 9.16. The molecule has 12 heteroatoms. The van der Waals surface area contributed by atoms with Crippen molar-refractivity contribution in [1.82, 2.24) is 16.2 Å². The lowest BCUT2D eigenvalue weighted by Gasteiger charge is -2.18. The maximum atomic E-state index is 12.2. The maximum Gasteiger partial charge on any atom is 0.337 e. The van der Waals surface area contributed by atoms with Gasteiger partial charge in [0.25, 0.3) is 5.91 Å². The van der Waals surface area contributed by atoms with E-state index in [1.807, 2.05) is 0 Å².